The van der Waals surface area contributed by atoms with E-state index in [1.807, 2.05) is 30.3 Å². The molecule has 0 aliphatic carbocycles. The molecule has 1 unspecified atom stereocenters. The first-order chi connectivity index (χ1) is 11.8. The number of thioether (sulfide) groups is 1. The van der Waals surface area contributed by atoms with Gasteiger partial charge in [0.1, 0.15) is 6.26 Å². The number of nitrogens with zero attached hydrogens (tertiary/aromatic N) is 1. The lowest BCUT2D eigenvalue weighted by atomic mass is 10.00. The van der Waals surface area contributed by atoms with Crippen LogP contribution in [0.4, 0.5) is 0 Å². The van der Waals surface area contributed by atoms with Crippen LogP contribution in [0.2, 0.25) is 0 Å². The number of piperidine rings is 1. The van der Waals surface area contributed by atoms with Crippen LogP contribution in [0.1, 0.15) is 18.5 Å². The molecule has 2 aromatic rings. The molecule has 1 aromatic heterocycles. The first-order valence-corrected chi connectivity index (χ1v) is 9.52. The number of aromatic nitrogens is 1. The molecule has 7 heteroatoms. The van der Waals surface area contributed by atoms with Crippen molar-refractivity contribution < 1.29 is 9.21 Å². The molecule has 25 heavy (non-hydrogen) atoms. The first kappa shape index (κ1) is 19.8. The zero-order valence-electron chi connectivity index (χ0n) is 14.1. The van der Waals surface area contributed by atoms with Crippen molar-refractivity contribution in [2.75, 3.05) is 25.4 Å². The number of rotatable bonds is 7. The summed E-state index contributed by atoms with van der Waals surface area (Å²) in [4.78, 5) is 16.4. The Balaban J connectivity index is 0.00000225. The lowest BCUT2D eigenvalue weighted by molar-refractivity contribution is -0.118. The summed E-state index contributed by atoms with van der Waals surface area (Å²) >= 11 is 1.56. The average Bonchev–Trinajstić information content (AvgIpc) is 3.11. The molecule has 5 nitrogen and oxygen atoms in total. The van der Waals surface area contributed by atoms with Crippen molar-refractivity contribution in [1.82, 2.24) is 15.6 Å². The Morgan fingerprint density at radius 1 is 1.36 bits per heavy atom. The molecule has 1 aliphatic rings. The van der Waals surface area contributed by atoms with Gasteiger partial charge in [-0.15, -0.1) is 24.2 Å². The van der Waals surface area contributed by atoms with Gasteiger partial charge in [0, 0.05) is 17.9 Å². The molecule has 1 aliphatic heterocycles. The Labute approximate surface area is 158 Å². The van der Waals surface area contributed by atoms with Crippen molar-refractivity contribution in [3.05, 3.63) is 42.3 Å². The molecule has 1 saturated heterocycles. The van der Waals surface area contributed by atoms with Crippen molar-refractivity contribution in [2.24, 2.45) is 5.92 Å². The van der Waals surface area contributed by atoms with Crippen molar-refractivity contribution in [2.45, 2.75) is 18.6 Å². The number of amides is 1. The maximum Gasteiger partial charge on any atom is 0.230 e. The van der Waals surface area contributed by atoms with Gasteiger partial charge in [0.05, 0.1) is 11.4 Å². The van der Waals surface area contributed by atoms with E-state index in [0.29, 0.717) is 23.3 Å². The van der Waals surface area contributed by atoms with E-state index in [-0.39, 0.29) is 18.3 Å². The third-order valence-corrected chi connectivity index (χ3v) is 5.01. The van der Waals surface area contributed by atoms with Crippen LogP contribution in [0.25, 0.3) is 11.5 Å². The maximum absolute atomic E-state index is 11.9. The fraction of sp³-hybridized carbons (Fsp3) is 0.444. The maximum atomic E-state index is 11.9. The van der Waals surface area contributed by atoms with E-state index in [0.717, 1.165) is 30.9 Å². The van der Waals surface area contributed by atoms with Crippen molar-refractivity contribution in [3.8, 4) is 11.5 Å². The summed E-state index contributed by atoms with van der Waals surface area (Å²) in [6.45, 7) is 2.88. The highest BCUT2D eigenvalue weighted by Gasteiger charge is 2.14. The summed E-state index contributed by atoms with van der Waals surface area (Å²) in [5.74, 6) is 2.41. The lowest BCUT2D eigenvalue weighted by Gasteiger charge is -2.22. The molecule has 0 radical (unpaired) electrons. The summed E-state index contributed by atoms with van der Waals surface area (Å²) in [6.07, 6.45) is 4.06. The van der Waals surface area contributed by atoms with Gasteiger partial charge >= 0.3 is 0 Å². The van der Waals surface area contributed by atoms with Gasteiger partial charge in [0.2, 0.25) is 11.8 Å². The highest BCUT2D eigenvalue weighted by molar-refractivity contribution is 7.99. The molecule has 1 aromatic carbocycles. The minimum atomic E-state index is 0. The lowest BCUT2D eigenvalue weighted by Crippen LogP contribution is -2.38. The largest absolute Gasteiger partial charge is 0.444 e. The summed E-state index contributed by atoms with van der Waals surface area (Å²) < 4.78 is 5.50. The van der Waals surface area contributed by atoms with Gasteiger partial charge in [-0.3, -0.25) is 4.79 Å². The van der Waals surface area contributed by atoms with Gasteiger partial charge in [-0.2, -0.15) is 0 Å². The fourth-order valence-electron chi connectivity index (χ4n) is 2.74. The predicted molar refractivity (Wildman–Crippen MR) is 104 cm³/mol. The second kappa shape index (κ2) is 10.5. The Morgan fingerprint density at radius 3 is 2.96 bits per heavy atom. The molecule has 2 N–H and O–H groups in total. The summed E-state index contributed by atoms with van der Waals surface area (Å²) in [6, 6.07) is 9.82. The number of carbonyl (C=O) groups excluding carboxylic acids is 1. The number of carbonyl (C=O) groups is 1. The van der Waals surface area contributed by atoms with Crippen molar-refractivity contribution in [3.63, 3.8) is 0 Å². The van der Waals surface area contributed by atoms with Crippen LogP contribution in [0, 0.1) is 5.92 Å². The number of benzene rings is 1. The van der Waals surface area contributed by atoms with E-state index >= 15 is 0 Å². The van der Waals surface area contributed by atoms with Gasteiger partial charge in [-0.1, -0.05) is 18.2 Å². The quantitative estimate of drug-likeness (QED) is 0.771. The summed E-state index contributed by atoms with van der Waals surface area (Å²) in [5, 5.41) is 6.39. The summed E-state index contributed by atoms with van der Waals surface area (Å²) in [7, 11) is 0. The van der Waals surface area contributed by atoms with E-state index in [9.17, 15) is 4.79 Å². The molecule has 136 valence electrons. The normalized spacial score (nSPS) is 16.9. The number of hydrogen-bond donors (Lipinski definition) is 2. The molecule has 0 spiro atoms. The molecule has 1 amide bonds. The number of nitrogens with one attached hydrogen (secondary N) is 2. The standard InChI is InChI=1S/C18H23N3O2S.ClH/c22-17(20-10-14-5-4-8-19-9-14)13-24-12-16-11-23-18(21-16)15-6-2-1-3-7-15;/h1-3,6-7,11,14,19H,4-5,8-10,12-13H2,(H,20,22);1H. The second-order valence-electron chi connectivity index (χ2n) is 6.02. The van der Waals surface area contributed by atoms with Gasteiger partial charge in [-0.05, 0) is 44.0 Å². The highest BCUT2D eigenvalue weighted by Crippen LogP contribution is 2.20. The van der Waals surface area contributed by atoms with Crippen molar-refractivity contribution >= 4 is 30.1 Å². The van der Waals surface area contributed by atoms with Crippen LogP contribution < -0.4 is 10.6 Å². The van der Waals surface area contributed by atoms with Crippen LogP contribution >= 0.6 is 24.2 Å². The Hall–Kier alpha value is -1.50. The number of oxazole rings is 1. The molecule has 0 bridgehead atoms. The number of halogens is 1. The van der Waals surface area contributed by atoms with Crippen LogP contribution in [0.5, 0.6) is 0 Å². The van der Waals surface area contributed by atoms with E-state index in [1.165, 1.54) is 12.8 Å². The monoisotopic (exact) mass is 381 g/mol. The smallest absolute Gasteiger partial charge is 0.230 e. The SMILES string of the molecule is Cl.O=C(CSCc1coc(-c2ccccc2)n1)NCC1CCCNC1. The third-order valence-electron chi connectivity index (χ3n) is 4.04. The van der Waals surface area contributed by atoms with Crippen LogP contribution in [-0.2, 0) is 10.5 Å². The Kier molecular flexibility index (Phi) is 8.31. The van der Waals surface area contributed by atoms with Crippen molar-refractivity contribution in [1.29, 1.82) is 0 Å². The van der Waals surface area contributed by atoms with Gasteiger partial charge in [-0.25, -0.2) is 4.98 Å². The molecule has 1 atom stereocenters. The average molecular weight is 382 g/mol. The van der Waals surface area contributed by atoms with Gasteiger partial charge in [0.25, 0.3) is 0 Å². The van der Waals surface area contributed by atoms with Gasteiger partial charge < -0.3 is 15.1 Å². The Bertz CT molecular complexity index is 645. The molecular formula is C18H24ClN3O2S. The Morgan fingerprint density at radius 2 is 2.20 bits per heavy atom. The number of hydrogen-bond acceptors (Lipinski definition) is 5. The molecular weight excluding hydrogens is 358 g/mol. The zero-order valence-corrected chi connectivity index (χ0v) is 15.7. The third kappa shape index (κ3) is 6.38. The zero-order chi connectivity index (χ0) is 16.6. The second-order valence-corrected chi connectivity index (χ2v) is 7.00. The molecule has 0 saturated carbocycles. The van der Waals surface area contributed by atoms with Crippen LogP contribution in [0.3, 0.4) is 0 Å². The van der Waals surface area contributed by atoms with Gasteiger partial charge in [0.15, 0.2) is 0 Å². The molecule has 3 rings (SSSR count). The van der Waals surface area contributed by atoms with E-state index in [4.69, 9.17) is 4.42 Å². The van der Waals surface area contributed by atoms with E-state index < -0.39 is 0 Å². The highest BCUT2D eigenvalue weighted by atomic mass is 35.5. The predicted octanol–water partition coefficient (Wildman–Crippen LogP) is 3.11. The van der Waals surface area contributed by atoms with E-state index in [1.54, 1.807) is 18.0 Å². The molecule has 2 heterocycles. The minimum Gasteiger partial charge on any atom is -0.444 e. The first-order valence-electron chi connectivity index (χ1n) is 8.36. The molecule has 1 fully saturated rings. The topological polar surface area (TPSA) is 67.2 Å². The van der Waals surface area contributed by atoms with Crippen LogP contribution in [-0.4, -0.2) is 36.3 Å². The minimum absolute atomic E-state index is 0. The fourth-order valence-corrected chi connectivity index (χ4v) is 3.47. The van der Waals surface area contributed by atoms with Crippen LogP contribution in [0.15, 0.2) is 41.0 Å². The summed E-state index contributed by atoms with van der Waals surface area (Å²) in [5.41, 5.74) is 1.83. The van der Waals surface area contributed by atoms with E-state index in [2.05, 4.69) is 15.6 Å².